The predicted molar refractivity (Wildman–Crippen MR) is 82.6 cm³/mol. The average molecular weight is 295 g/mol. The fourth-order valence-electron chi connectivity index (χ4n) is 3.32. The van der Waals surface area contributed by atoms with Crippen LogP contribution >= 0.6 is 0 Å². The van der Waals surface area contributed by atoms with Gasteiger partial charge in [0.25, 0.3) is 0 Å². The number of hydrogen-bond acceptors (Lipinski definition) is 3. The van der Waals surface area contributed by atoms with Gasteiger partial charge in [-0.05, 0) is 31.6 Å². The van der Waals surface area contributed by atoms with Crippen molar-refractivity contribution in [3.05, 3.63) is 0 Å². The fourth-order valence-corrected chi connectivity index (χ4v) is 3.32. The Balaban J connectivity index is 1.85. The van der Waals surface area contributed by atoms with Crippen molar-refractivity contribution in [1.29, 1.82) is 0 Å². The van der Waals surface area contributed by atoms with Gasteiger partial charge >= 0.3 is 0 Å². The summed E-state index contributed by atoms with van der Waals surface area (Å²) in [5.74, 6) is 0.592. The lowest BCUT2D eigenvalue weighted by Crippen LogP contribution is -2.54. The molecule has 2 amide bonds. The molecule has 2 heterocycles. The Morgan fingerprint density at radius 1 is 1.29 bits per heavy atom. The lowest BCUT2D eigenvalue weighted by Gasteiger charge is -2.41. The predicted octanol–water partition coefficient (Wildman–Crippen LogP) is 1.36. The van der Waals surface area contributed by atoms with Crippen molar-refractivity contribution in [3.63, 3.8) is 0 Å². The Kier molecular flexibility index (Phi) is 5.62. The van der Waals surface area contributed by atoms with E-state index in [0.29, 0.717) is 18.4 Å². The minimum Gasteiger partial charge on any atom is -0.341 e. The van der Waals surface area contributed by atoms with Gasteiger partial charge in [-0.3, -0.25) is 9.59 Å². The topological polar surface area (TPSA) is 66.6 Å². The van der Waals surface area contributed by atoms with E-state index >= 15 is 0 Å². The molecule has 5 nitrogen and oxygen atoms in total. The smallest absolute Gasteiger partial charge is 0.239 e. The number of carbonyl (C=O) groups is 2. The quantitative estimate of drug-likeness (QED) is 0.851. The molecule has 5 heteroatoms. The van der Waals surface area contributed by atoms with Crippen LogP contribution in [0.4, 0.5) is 0 Å². The van der Waals surface area contributed by atoms with E-state index in [-0.39, 0.29) is 17.9 Å². The van der Waals surface area contributed by atoms with E-state index in [1.807, 2.05) is 16.7 Å². The molecule has 0 saturated carbocycles. The van der Waals surface area contributed by atoms with Gasteiger partial charge < -0.3 is 15.5 Å². The third-order valence-electron chi connectivity index (χ3n) is 5.12. The van der Waals surface area contributed by atoms with Gasteiger partial charge in [0.15, 0.2) is 0 Å². The van der Waals surface area contributed by atoms with Crippen LogP contribution in [0.1, 0.15) is 52.4 Å². The highest BCUT2D eigenvalue weighted by atomic mass is 16.2. The average Bonchev–Trinajstić information content (AvgIpc) is 2.53. The van der Waals surface area contributed by atoms with Gasteiger partial charge in [-0.2, -0.15) is 0 Å². The molecule has 0 aliphatic carbocycles. The molecule has 0 aromatic heterocycles. The summed E-state index contributed by atoms with van der Waals surface area (Å²) in [6.45, 7) is 6.45. The van der Waals surface area contributed by atoms with Gasteiger partial charge in [-0.15, -0.1) is 0 Å². The first kappa shape index (κ1) is 16.3. The zero-order chi connectivity index (χ0) is 15.4. The van der Waals surface area contributed by atoms with E-state index in [4.69, 9.17) is 5.73 Å². The number of rotatable bonds is 4. The second kappa shape index (κ2) is 7.25. The van der Waals surface area contributed by atoms with E-state index < -0.39 is 0 Å². The third-order valence-corrected chi connectivity index (χ3v) is 5.12. The van der Waals surface area contributed by atoms with Crippen LogP contribution in [0.2, 0.25) is 0 Å². The van der Waals surface area contributed by atoms with E-state index in [2.05, 4.69) is 6.92 Å². The fraction of sp³-hybridized carbons (Fsp3) is 0.875. The Hall–Kier alpha value is -1.10. The van der Waals surface area contributed by atoms with Gasteiger partial charge in [-0.1, -0.05) is 20.3 Å². The molecule has 2 fully saturated rings. The van der Waals surface area contributed by atoms with Crippen LogP contribution in [0, 0.1) is 5.92 Å². The molecule has 0 bridgehead atoms. The molecule has 2 unspecified atom stereocenters. The number of amides is 2. The lowest BCUT2D eigenvalue weighted by atomic mass is 9.96. The largest absolute Gasteiger partial charge is 0.341 e. The first-order valence-corrected chi connectivity index (χ1v) is 8.38. The Morgan fingerprint density at radius 2 is 1.95 bits per heavy atom. The number of nitrogens with two attached hydrogens (primary N) is 1. The Morgan fingerprint density at radius 3 is 2.52 bits per heavy atom. The van der Waals surface area contributed by atoms with Gasteiger partial charge in [-0.25, -0.2) is 0 Å². The molecule has 0 aromatic carbocycles. The number of piperidine rings is 2. The first-order valence-electron chi connectivity index (χ1n) is 8.38. The van der Waals surface area contributed by atoms with Crippen LogP contribution in [0.25, 0.3) is 0 Å². The maximum absolute atomic E-state index is 12.4. The van der Waals surface area contributed by atoms with Gasteiger partial charge in [0.2, 0.25) is 11.8 Å². The van der Waals surface area contributed by atoms with Crippen molar-refractivity contribution in [3.8, 4) is 0 Å². The lowest BCUT2D eigenvalue weighted by molar-refractivity contribution is -0.139. The summed E-state index contributed by atoms with van der Waals surface area (Å²) in [5, 5.41) is 0. The first-order chi connectivity index (χ1) is 10.0. The van der Waals surface area contributed by atoms with E-state index in [0.717, 1.165) is 51.7 Å². The zero-order valence-electron chi connectivity index (χ0n) is 13.4. The summed E-state index contributed by atoms with van der Waals surface area (Å²) < 4.78 is 0. The molecular formula is C16H29N3O2. The molecule has 0 radical (unpaired) electrons. The van der Waals surface area contributed by atoms with Crippen molar-refractivity contribution in [2.75, 3.05) is 19.6 Å². The summed E-state index contributed by atoms with van der Waals surface area (Å²) in [7, 11) is 0. The van der Waals surface area contributed by atoms with Crippen LogP contribution in [-0.2, 0) is 9.59 Å². The van der Waals surface area contributed by atoms with Crippen LogP contribution in [-0.4, -0.2) is 53.3 Å². The van der Waals surface area contributed by atoms with Gasteiger partial charge in [0.05, 0.1) is 6.04 Å². The highest BCUT2D eigenvalue weighted by Crippen LogP contribution is 2.22. The zero-order valence-corrected chi connectivity index (χ0v) is 13.4. The summed E-state index contributed by atoms with van der Waals surface area (Å²) >= 11 is 0. The van der Waals surface area contributed by atoms with Crippen molar-refractivity contribution in [2.24, 2.45) is 11.7 Å². The molecule has 21 heavy (non-hydrogen) atoms. The molecule has 0 spiro atoms. The molecule has 2 aliphatic heterocycles. The molecule has 2 rings (SSSR count). The third kappa shape index (κ3) is 3.76. The Labute approximate surface area is 127 Å². The number of likely N-dealkylation sites (tertiary alicyclic amines) is 2. The molecule has 120 valence electrons. The maximum atomic E-state index is 12.4. The normalized spacial score (nSPS) is 24.0. The SMILES string of the molecule is CCC(C)C(N)C(=O)N1CCC(N2CCCCC2=O)CC1. The summed E-state index contributed by atoms with van der Waals surface area (Å²) in [6, 6.07) is -0.0650. The molecule has 2 saturated heterocycles. The monoisotopic (exact) mass is 295 g/mol. The molecule has 2 N–H and O–H groups in total. The van der Waals surface area contributed by atoms with Crippen molar-refractivity contribution < 1.29 is 9.59 Å². The van der Waals surface area contributed by atoms with Crippen molar-refractivity contribution in [2.45, 2.75) is 64.5 Å². The highest BCUT2D eigenvalue weighted by Gasteiger charge is 2.32. The van der Waals surface area contributed by atoms with E-state index in [1.165, 1.54) is 0 Å². The molecule has 0 aromatic rings. The number of nitrogens with zero attached hydrogens (tertiary/aromatic N) is 2. The maximum Gasteiger partial charge on any atom is 0.239 e. The van der Waals surface area contributed by atoms with Crippen LogP contribution < -0.4 is 5.73 Å². The van der Waals surface area contributed by atoms with Crippen LogP contribution in [0.5, 0.6) is 0 Å². The Bertz CT molecular complexity index is 378. The second-order valence-electron chi connectivity index (χ2n) is 6.51. The summed E-state index contributed by atoms with van der Waals surface area (Å²) in [5.41, 5.74) is 6.05. The van der Waals surface area contributed by atoms with Crippen LogP contribution in [0.3, 0.4) is 0 Å². The highest BCUT2D eigenvalue weighted by molar-refractivity contribution is 5.82. The van der Waals surface area contributed by atoms with Gasteiger partial charge in [0.1, 0.15) is 0 Å². The minimum atomic E-state index is -0.386. The standard InChI is InChI=1S/C16H29N3O2/c1-3-12(2)15(17)16(21)18-10-7-13(8-11-18)19-9-5-4-6-14(19)20/h12-13,15H,3-11,17H2,1-2H3. The molecule has 2 aliphatic rings. The summed E-state index contributed by atoms with van der Waals surface area (Å²) in [4.78, 5) is 28.3. The summed E-state index contributed by atoms with van der Waals surface area (Å²) in [6.07, 6.45) is 5.54. The van der Waals surface area contributed by atoms with Crippen LogP contribution in [0.15, 0.2) is 0 Å². The van der Waals surface area contributed by atoms with Gasteiger partial charge in [0, 0.05) is 32.1 Å². The molecule has 2 atom stereocenters. The van der Waals surface area contributed by atoms with E-state index in [1.54, 1.807) is 0 Å². The minimum absolute atomic E-state index is 0.0766. The number of carbonyl (C=O) groups excluding carboxylic acids is 2. The van der Waals surface area contributed by atoms with Crippen molar-refractivity contribution >= 4 is 11.8 Å². The van der Waals surface area contributed by atoms with Crippen molar-refractivity contribution in [1.82, 2.24) is 9.80 Å². The second-order valence-corrected chi connectivity index (χ2v) is 6.51. The molecular weight excluding hydrogens is 266 g/mol. The number of hydrogen-bond donors (Lipinski definition) is 1. The van der Waals surface area contributed by atoms with E-state index in [9.17, 15) is 9.59 Å².